The van der Waals surface area contributed by atoms with E-state index in [9.17, 15) is 24.0 Å². The highest BCUT2D eigenvalue weighted by molar-refractivity contribution is 5.78. The second-order valence-corrected chi connectivity index (χ2v) is 13.5. The number of aliphatic carboxylic acids is 1. The van der Waals surface area contributed by atoms with Gasteiger partial charge >= 0.3 is 24.1 Å². The number of carboxylic acid groups (broad SMARTS) is 1. The fourth-order valence-corrected chi connectivity index (χ4v) is 5.33. The number of nitrogens with two attached hydrogens (primary N) is 2. The zero-order valence-electron chi connectivity index (χ0n) is 31.2. The molecule has 50 heavy (non-hydrogen) atoms. The Bertz CT molecular complexity index is 1020. The standard InChI is InChI=1S/C18H34N4O5.C14H27N5O2.CH5N/c1-5-14(21-17(26)27-18(2,3)4)11-20-22-16(25)19-10-12-6-8-13(9-7-12)15(23)24;1-3-12(15)9-18-19-14(21)17-8-10-4-6-11(7-5-10)13(20)16-2;1-2/h12-14,20H,5-11H2,1-4H3,(H,21,26)(H,23,24)(H2,19,22,25);9-12H,3-8,15H2,1-2H3,(H,16,20)(H2,17,19,21);2H2,1H3/b;18-9+;/t12?,13?,14-;10?,11?,12-;/m00./s1. The van der Waals surface area contributed by atoms with Crippen LogP contribution in [0.5, 0.6) is 0 Å². The van der Waals surface area contributed by atoms with Gasteiger partial charge < -0.3 is 42.6 Å². The third-order valence-electron chi connectivity index (χ3n) is 8.43. The number of carboxylic acids is 1. The molecule has 17 nitrogen and oxygen atoms in total. The van der Waals surface area contributed by atoms with Gasteiger partial charge in [-0.1, -0.05) is 13.8 Å². The minimum atomic E-state index is -0.728. The first-order chi connectivity index (χ1) is 23.7. The van der Waals surface area contributed by atoms with Crippen LogP contribution in [0.4, 0.5) is 14.4 Å². The zero-order valence-corrected chi connectivity index (χ0v) is 31.2. The molecule has 0 spiro atoms. The molecule has 0 saturated heterocycles. The summed E-state index contributed by atoms with van der Waals surface area (Å²) in [6.07, 6.45) is 9.13. The number of rotatable bonds is 14. The summed E-state index contributed by atoms with van der Waals surface area (Å²) in [7, 11) is 3.17. The molecule has 0 aromatic rings. The van der Waals surface area contributed by atoms with Crippen LogP contribution in [-0.2, 0) is 14.3 Å². The maximum absolute atomic E-state index is 11.8. The number of carbonyl (C=O) groups is 5. The molecule has 2 aliphatic carbocycles. The van der Waals surface area contributed by atoms with Crippen molar-refractivity contribution >= 4 is 36.2 Å². The molecule has 290 valence electrons. The van der Waals surface area contributed by atoms with Gasteiger partial charge in [0.15, 0.2) is 0 Å². The molecule has 2 saturated carbocycles. The predicted molar refractivity (Wildman–Crippen MR) is 194 cm³/mol. The van der Waals surface area contributed by atoms with Crippen LogP contribution in [0.15, 0.2) is 5.10 Å². The molecule has 0 radical (unpaired) electrons. The largest absolute Gasteiger partial charge is 0.481 e. The lowest BCUT2D eigenvalue weighted by atomic mass is 9.81. The van der Waals surface area contributed by atoms with Crippen molar-refractivity contribution < 1.29 is 33.8 Å². The average Bonchev–Trinajstić information content (AvgIpc) is 3.09. The summed E-state index contributed by atoms with van der Waals surface area (Å²) < 4.78 is 5.21. The molecule has 0 heterocycles. The van der Waals surface area contributed by atoms with E-state index < -0.39 is 17.7 Å². The smallest absolute Gasteiger partial charge is 0.407 e. The van der Waals surface area contributed by atoms with Crippen LogP contribution >= 0.6 is 0 Å². The number of nitrogens with one attached hydrogen (secondary N) is 7. The molecule has 0 aliphatic heterocycles. The summed E-state index contributed by atoms with van der Waals surface area (Å²) in [5.41, 5.74) is 17.3. The maximum Gasteiger partial charge on any atom is 0.407 e. The van der Waals surface area contributed by atoms with Crippen LogP contribution in [0.2, 0.25) is 0 Å². The second-order valence-electron chi connectivity index (χ2n) is 13.5. The number of ether oxygens (including phenoxy) is 1. The normalized spacial score (nSPS) is 21.4. The third kappa shape index (κ3) is 22.1. The van der Waals surface area contributed by atoms with E-state index in [2.05, 4.69) is 48.4 Å². The third-order valence-corrected chi connectivity index (χ3v) is 8.43. The fourth-order valence-electron chi connectivity index (χ4n) is 5.33. The van der Waals surface area contributed by atoms with Crippen molar-refractivity contribution in [3.8, 4) is 0 Å². The topological polar surface area (TPSA) is 263 Å². The molecular formula is C33H66N10O7. The zero-order chi connectivity index (χ0) is 38.1. The molecule has 0 bridgehead atoms. The highest BCUT2D eigenvalue weighted by Gasteiger charge is 2.27. The summed E-state index contributed by atoms with van der Waals surface area (Å²) in [4.78, 5) is 57.6. The number of alkyl carbamates (subject to hydrolysis) is 1. The first kappa shape index (κ1) is 46.3. The first-order valence-electron chi connectivity index (χ1n) is 17.8. The van der Waals surface area contributed by atoms with Gasteiger partial charge in [-0.25, -0.2) is 25.2 Å². The van der Waals surface area contributed by atoms with Gasteiger partial charge in [-0.2, -0.15) is 5.10 Å². The van der Waals surface area contributed by atoms with E-state index >= 15 is 0 Å². The number of hydrogen-bond acceptors (Lipinski definition) is 10. The number of nitrogens with zero attached hydrogens (tertiary/aromatic N) is 1. The van der Waals surface area contributed by atoms with E-state index in [0.717, 1.165) is 44.9 Å². The monoisotopic (exact) mass is 715 g/mol. The molecule has 6 amide bonds. The van der Waals surface area contributed by atoms with E-state index in [4.69, 9.17) is 15.6 Å². The van der Waals surface area contributed by atoms with Gasteiger partial charge in [0.2, 0.25) is 5.91 Å². The Hall–Kier alpha value is -3.70. The van der Waals surface area contributed by atoms with Crippen molar-refractivity contribution in [2.45, 2.75) is 117 Å². The highest BCUT2D eigenvalue weighted by Crippen LogP contribution is 2.29. The second kappa shape index (κ2) is 26.2. The average molecular weight is 715 g/mol. The van der Waals surface area contributed by atoms with E-state index in [1.807, 2.05) is 13.8 Å². The van der Waals surface area contributed by atoms with Gasteiger partial charge in [0.1, 0.15) is 5.60 Å². The van der Waals surface area contributed by atoms with Crippen molar-refractivity contribution in [2.75, 3.05) is 33.7 Å². The van der Waals surface area contributed by atoms with Crippen molar-refractivity contribution in [3.63, 3.8) is 0 Å². The molecule has 2 atom stereocenters. The Morgan fingerprint density at radius 1 is 0.860 bits per heavy atom. The number of hydrazone groups is 1. The molecular weight excluding hydrogens is 648 g/mol. The van der Waals surface area contributed by atoms with Crippen LogP contribution in [0, 0.1) is 23.7 Å². The predicted octanol–water partition coefficient (Wildman–Crippen LogP) is 2.12. The van der Waals surface area contributed by atoms with Gasteiger partial charge in [-0.05, 0) is 104 Å². The molecule has 2 fully saturated rings. The van der Waals surface area contributed by atoms with Crippen LogP contribution in [0.3, 0.4) is 0 Å². The number of urea groups is 2. The van der Waals surface area contributed by atoms with Gasteiger partial charge in [-0.15, -0.1) is 0 Å². The van der Waals surface area contributed by atoms with Gasteiger partial charge in [0.25, 0.3) is 0 Å². The quantitative estimate of drug-likeness (QED) is 0.0925. The van der Waals surface area contributed by atoms with E-state index in [1.54, 1.807) is 27.8 Å². The highest BCUT2D eigenvalue weighted by atomic mass is 16.6. The van der Waals surface area contributed by atoms with Crippen molar-refractivity contribution in [1.82, 2.24) is 37.5 Å². The van der Waals surface area contributed by atoms with Crippen molar-refractivity contribution in [3.05, 3.63) is 0 Å². The summed E-state index contributed by atoms with van der Waals surface area (Å²) in [5.74, 6) is 0.0112. The number of hydrogen-bond donors (Lipinski definition) is 10. The fraction of sp³-hybridized carbons (Fsp3) is 0.818. The minimum absolute atomic E-state index is 0.125. The Labute approximate surface area is 297 Å². The van der Waals surface area contributed by atoms with Crippen LogP contribution < -0.4 is 49.0 Å². The van der Waals surface area contributed by atoms with Gasteiger partial charge in [-0.3, -0.25) is 15.0 Å². The lowest BCUT2D eigenvalue weighted by Crippen LogP contribution is -2.51. The number of hydrazine groups is 1. The van der Waals surface area contributed by atoms with Gasteiger partial charge in [0, 0.05) is 50.9 Å². The SMILES string of the molecule is CC[C@@H](CNNC(=O)NCC1CCC(C(=O)O)CC1)NC(=O)OC(C)(C)C.CC[C@H](N)/C=N/NC(=O)NCC1CCC(C(=O)NC)CC1.CN. The van der Waals surface area contributed by atoms with Gasteiger partial charge in [0.05, 0.1) is 5.92 Å². The molecule has 0 aromatic carbocycles. The Morgan fingerprint density at radius 3 is 1.84 bits per heavy atom. The maximum atomic E-state index is 11.8. The Morgan fingerprint density at radius 2 is 1.38 bits per heavy atom. The van der Waals surface area contributed by atoms with Crippen LogP contribution in [0.1, 0.15) is 98.8 Å². The van der Waals surface area contributed by atoms with E-state index in [0.29, 0.717) is 50.7 Å². The molecule has 17 heteroatoms. The molecule has 0 aromatic heterocycles. The Balaban J connectivity index is 0.000000940. The van der Waals surface area contributed by atoms with Crippen molar-refractivity contribution in [2.24, 2.45) is 40.2 Å². The summed E-state index contributed by atoms with van der Waals surface area (Å²) in [6, 6.07) is -0.970. The van der Waals surface area contributed by atoms with E-state index in [1.165, 1.54) is 13.3 Å². The van der Waals surface area contributed by atoms with Crippen LogP contribution in [0.25, 0.3) is 0 Å². The lowest BCUT2D eigenvalue weighted by molar-refractivity contribution is -0.143. The lowest BCUT2D eigenvalue weighted by Gasteiger charge is -2.27. The van der Waals surface area contributed by atoms with Crippen molar-refractivity contribution in [1.29, 1.82) is 0 Å². The molecule has 0 unspecified atom stereocenters. The van der Waals surface area contributed by atoms with E-state index in [-0.39, 0.29) is 41.9 Å². The summed E-state index contributed by atoms with van der Waals surface area (Å²) >= 11 is 0. The Kier molecular flexibility index (Phi) is 24.2. The number of amides is 6. The summed E-state index contributed by atoms with van der Waals surface area (Å²) in [6.45, 7) is 10.8. The molecule has 2 aliphatic rings. The summed E-state index contributed by atoms with van der Waals surface area (Å²) in [5, 5.41) is 23.8. The molecule has 2 rings (SSSR count). The molecule has 12 N–H and O–H groups in total. The number of carbonyl (C=O) groups excluding carboxylic acids is 4. The van der Waals surface area contributed by atoms with Crippen LogP contribution in [-0.4, -0.2) is 92.8 Å². The minimum Gasteiger partial charge on any atom is -0.481 e. The first-order valence-corrected chi connectivity index (χ1v) is 17.8.